The predicted octanol–water partition coefficient (Wildman–Crippen LogP) is 3.88. The summed E-state index contributed by atoms with van der Waals surface area (Å²) in [7, 11) is 0. The van der Waals surface area contributed by atoms with E-state index in [4.69, 9.17) is 9.52 Å². The second kappa shape index (κ2) is 7.45. The van der Waals surface area contributed by atoms with Crippen LogP contribution in [0.1, 0.15) is 12.5 Å². The molecule has 0 bridgehead atoms. The third-order valence-electron chi connectivity index (χ3n) is 4.00. The zero-order chi connectivity index (χ0) is 19.6. The number of rotatable bonds is 5. The van der Waals surface area contributed by atoms with Crippen LogP contribution >= 0.6 is 0 Å². The fourth-order valence-corrected chi connectivity index (χ4v) is 2.60. The van der Waals surface area contributed by atoms with Gasteiger partial charge in [0.1, 0.15) is 17.9 Å². The summed E-state index contributed by atoms with van der Waals surface area (Å²) in [4.78, 5) is 28.3. The number of fused-ring (bicyclic) bond motifs is 1. The first-order valence-electron chi connectivity index (χ1n) is 8.32. The van der Waals surface area contributed by atoms with Crippen LogP contribution in [0.4, 0.5) is 14.9 Å². The summed E-state index contributed by atoms with van der Waals surface area (Å²) in [6, 6.07) is 9.04. The zero-order valence-corrected chi connectivity index (χ0v) is 14.8. The molecule has 1 heterocycles. The van der Waals surface area contributed by atoms with Crippen molar-refractivity contribution >= 4 is 28.8 Å². The average molecular weight is 371 g/mol. The normalized spacial score (nSPS) is 10.8. The van der Waals surface area contributed by atoms with Crippen molar-refractivity contribution in [3.63, 3.8) is 0 Å². The highest BCUT2D eigenvalue weighted by molar-refractivity contribution is 5.91. The number of urea groups is 1. The molecule has 3 aromatic rings. The molecule has 7 nitrogen and oxygen atoms in total. The number of carbonyl (C=O) groups excluding carboxylic acids is 1. The van der Waals surface area contributed by atoms with Gasteiger partial charge in [0, 0.05) is 12.1 Å². The van der Waals surface area contributed by atoms with Gasteiger partial charge in [-0.05, 0) is 49.7 Å². The molecule has 0 atom stereocenters. The van der Waals surface area contributed by atoms with Crippen LogP contribution in [0.2, 0.25) is 0 Å². The summed E-state index contributed by atoms with van der Waals surface area (Å²) < 4.78 is 20.1. The average Bonchev–Trinajstić information content (AvgIpc) is 3.04. The first-order valence-corrected chi connectivity index (χ1v) is 8.32. The van der Waals surface area contributed by atoms with Gasteiger partial charge in [0.2, 0.25) is 5.89 Å². The van der Waals surface area contributed by atoms with Crippen molar-refractivity contribution in [2.75, 3.05) is 18.4 Å². The fraction of sp³-hybridized carbons (Fsp3) is 0.211. The van der Waals surface area contributed by atoms with Crippen LogP contribution in [0.25, 0.3) is 22.6 Å². The molecule has 1 aromatic heterocycles. The van der Waals surface area contributed by atoms with Crippen molar-refractivity contribution in [1.82, 2.24) is 9.88 Å². The summed E-state index contributed by atoms with van der Waals surface area (Å²) in [5, 5.41) is 11.2. The second-order valence-corrected chi connectivity index (χ2v) is 6.02. The second-order valence-electron chi connectivity index (χ2n) is 6.02. The lowest BCUT2D eigenvalue weighted by Gasteiger charge is -2.19. The molecule has 2 N–H and O–H groups in total. The van der Waals surface area contributed by atoms with E-state index in [1.165, 1.54) is 12.1 Å². The van der Waals surface area contributed by atoms with Gasteiger partial charge >= 0.3 is 12.0 Å². The van der Waals surface area contributed by atoms with E-state index in [1.807, 2.05) is 19.1 Å². The molecule has 0 unspecified atom stereocenters. The third-order valence-corrected chi connectivity index (χ3v) is 4.00. The van der Waals surface area contributed by atoms with E-state index in [1.54, 1.807) is 19.1 Å². The van der Waals surface area contributed by atoms with Crippen molar-refractivity contribution in [3.05, 3.63) is 47.8 Å². The van der Waals surface area contributed by atoms with Crippen molar-refractivity contribution < 1.29 is 23.5 Å². The Hall–Kier alpha value is -3.42. The molecule has 0 aliphatic rings. The maximum absolute atomic E-state index is 14.4. The van der Waals surface area contributed by atoms with Gasteiger partial charge in [-0.25, -0.2) is 14.2 Å². The Balaban J connectivity index is 1.82. The maximum Gasteiger partial charge on any atom is 0.323 e. The molecule has 2 amide bonds. The number of halogens is 1. The molecule has 0 radical (unpaired) electrons. The van der Waals surface area contributed by atoms with Crippen LogP contribution in [0.5, 0.6) is 0 Å². The molecular formula is C19H18FN3O4. The Morgan fingerprint density at radius 1 is 1.26 bits per heavy atom. The number of anilines is 1. The number of benzene rings is 2. The van der Waals surface area contributed by atoms with E-state index in [2.05, 4.69) is 10.3 Å². The largest absolute Gasteiger partial charge is 0.480 e. The molecule has 3 rings (SSSR count). The van der Waals surface area contributed by atoms with Crippen molar-refractivity contribution in [1.29, 1.82) is 0 Å². The van der Waals surface area contributed by atoms with Crippen LogP contribution in [0.3, 0.4) is 0 Å². The Morgan fingerprint density at radius 3 is 2.70 bits per heavy atom. The lowest BCUT2D eigenvalue weighted by molar-refractivity contribution is -0.137. The predicted molar refractivity (Wildman–Crippen MR) is 98.0 cm³/mol. The van der Waals surface area contributed by atoms with Gasteiger partial charge in [-0.3, -0.25) is 4.79 Å². The van der Waals surface area contributed by atoms with E-state index < -0.39 is 24.4 Å². The number of aryl methyl sites for hydroxylation is 1. The Bertz CT molecular complexity index is 1020. The molecule has 0 spiro atoms. The molecule has 140 valence electrons. The summed E-state index contributed by atoms with van der Waals surface area (Å²) in [6.45, 7) is 3.29. The number of aromatic nitrogens is 1. The Kier molecular flexibility index (Phi) is 5.07. The topological polar surface area (TPSA) is 95.7 Å². The molecular weight excluding hydrogens is 353 g/mol. The number of nitrogens with one attached hydrogen (secondary N) is 1. The van der Waals surface area contributed by atoms with Crippen LogP contribution in [0, 0.1) is 12.7 Å². The van der Waals surface area contributed by atoms with E-state index >= 15 is 0 Å². The third kappa shape index (κ3) is 4.05. The molecule has 8 heteroatoms. The quantitative estimate of drug-likeness (QED) is 0.710. The van der Waals surface area contributed by atoms with Crippen LogP contribution in [-0.4, -0.2) is 40.1 Å². The van der Waals surface area contributed by atoms with Gasteiger partial charge in [-0.2, -0.15) is 0 Å². The lowest BCUT2D eigenvalue weighted by atomic mass is 10.2. The fourth-order valence-electron chi connectivity index (χ4n) is 2.60. The molecule has 0 fully saturated rings. The number of aliphatic carboxylic acids is 1. The summed E-state index contributed by atoms with van der Waals surface area (Å²) in [5.41, 5.74) is 2.68. The molecule has 0 aliphatic heterocycles. The number of hydrogen-bond donors (Lipinski definition) is 2. The maximum atomic E-state index is 14.4. The van der Waals surface area contributed by atoms with Gasteiger partial charge in [0.15, 0.2) is 5.58 Å². The minimum Gasteiger partial charge on any atom is -0.480 e. The highest BCUT2D eigenvalue weighted by atomic mass is 19.1. The van der Waals surface area contributed by atoms with Crippen molar-refractivity contribution in [2.45, 2.75) is 13.8 Å². The minimum absolute atomic E-state index is 0.0560. The monoisotopic (exact) mass is 371 g/mol. The number of oxazole rings is 1. The van der Waals surface area contributed by atoms with Gasteiger partial charge in [0.25, 0.3) is 0 Å². The molecule has 2 aromatic carbocycles. The highest BCUT2D eigenvalue weighted by Crippen LogP contribution is 2.27. The number of carbonyl (C=O) groups is 2. The number of amides is 2. The molecule has 0 saturated carbocycles. The highest BCUT2D eigenvalue weighted by Gasteiger charge is 2.17. The number of carboxylic acids is 1. The number of hydrogen-bond acceptors (Lipinski definition) is 4. The van der Waals surface area contributed by atoms with E-state index in [9.17, 15) is 14.0 Å². The summed E-state index contributed by atoms with van der Waals surface area (Å²) in [6.07, 6.45) is 0. The smallest absolute Gasteiger partial charge is 0.323 e. The van der Waals surface area contributed by atoms with Crippen LogP contribution in [-0.2, 0) is 4.79 Å². The van der Waals surface area contributed by atoms with Crippen molar-refractivity contribution in [2.24, 2.45) is 0 Å². The molecule has 0 saturated heterocycles. The zero-order valence-electron chi connectivity index (χ0n) is 14.8. The summed E-state index contributed by atoms with van der Waals surface area (Å²) >= 11 is 0. The van der Waals surface area contributed by atoms with Gasteiger partial charge < -0.3 is 19.7 Å². The van der Waals surface area contributed by atoms with Gasteiger partial charge in [-0.1, -0.05) is 6.07 Å². The number of nitrogens with zero attached hydrogens (tertiary/aromatic N) is 2. The molecule has 0 aliphatic carbocycles. The minimum atomic E-state index is -1.14. The standard InChI is InChI=1S/C19H18FN3O4/c1-3-23(10-17(24)25)19(26)22-14-6-5-12(9-13(14)20)18-21-15-8-11(2)4-7-16(15)27-18/h4-9H,3,10H2,1-2H3,(H,22,26)(H,24,25). The number of carboxylic acid groups (broad SMARTS) is 1. The van der Waals surface area contributed by atoms with Crippen LogP contribution in [0.15, 0.2) is 40.8 Å². The van der Waals surface area contributed by atoms with E-state index in [0.717, 1.165) is 10.5 Å². The Labute approximate surface area is 154 Å². The summed E-state index contributed by atoms with van der Waals surface area (Å²) in [5.74, 6) is -1.55. The first-order chi connectivity index (χ1) is 12.9. The van der Waals surface area contributed by atoms with Gasteiger partial charge in [0.05, 0.1) is 5.69 Å². The first kappa shape index (κ1) is 18.4. The SMILES string of the molecule is CCN(CC(=O)O)C(=O)Nc1ccc(-c2nc3cc(C)ccc3o2)cc1F. The van der Waals surface area contributed by atoms with Crippen molar-refractivity contribution in [3.8, 4) is 11.5 Å². The van der Waals surface area contributed by atoms with Gasteiger partial charge in [-0.15, -0.1) is 0 Å². The van der Waals surface area contributed by atoms with Crippen LogP contribution < -0.4 is 5.32 Å². The van der Waals surface area contributed by atoms with E-state index in [-0.39, 0.29) is 18.1 Å². The lowest BCUT2D eigenvalue weighted by Crippen LogP contribution is -2.38. The number of likely N-dealkylation sites (N-methyl/N-ethyl adjacent to an activating group) is 1. The molecule has 27 heavy (non-hydrogen) atoms. The van der Waals surface area contributed by atoms with E-state index in [0.29, 0.717) is 16.7 Å². The Morgan fingerprint density at radius 2 is 2.04 bits per heavy atom.